The van der Waals surface area contributed by atoms with Gasteiger partial charge in [-0.2, -0.15) is 0 Å². The van der Waals surface area contributed by atoms with Crippen LogP contribution in [0.3, 0.4) is 0 Å². The van der Waals surface area contributed by atoms with Crippen molar-refractivity contribution >= 4 is 0 Å². The lowest BCUT2D eigenvalue weighted by Gasteiger charge is -2.13. The summed E-state index contributed by atoms with van der Waals surface area (Å²) < 4.78 is 0. The molecule has 0 amide bonds. The van der Waals surface area contributed by atoms with E-state index in [0.29, 0.717) is 12.0 Å². The second-order valence-corrected chi connectivity index (χ2v) is 5.22. The number of phenolic OH excluding ortho intramolecular Hbond substituents is 2. The third-order valence-electron chi connectivity index (χ3n) is 3.65. The highest BCUT2D eigenvalue weighted by Gasteiger charge is 2.13. The van der Waals surface area contributed by atoms with Crippen LogP contribution in [-0.4, -0.2) is 15.3 Å². The Hall–Kier alpha value is -2.00. The van der Waals surface area contributed by atoms with Crippen molar-refractivity contribution in [2.24, 2.45) is 0 Å². The second kappa shape index (κ2) is 5.97. The fraction of sp³-hybridized carbons (Fsp3) is 0.294. The molecule has 1 unspecified atom stereocenters. The van der Waals surface area contributed by atoms with E-state index in [9.17, 15) is 15.3 Å². The monoisotopic (exact) mass is 272 g/mol. The van der Waals surface area contributed by atoms with Gasteiger partial charge in [0.1, 0.15) is 11.5 Å². The number of hydrogen-bond acceptors (Lipinski definition) is 3. The summed E-state index contributed by atoms with van der Waals surface area (Å²) in [6, 6.07) is 10.5. The summed E-state index contributed by atoms with van der Waals surface area (Å²) in [5, 5.41) is 29.1. The molecule has 2 aromatic rings. The maximum absolute atomic E-state index is 10.1. The topological polar surface area (TPSA) is 60.7 Å². The van der Waals surface area contributed by atoms with Crippen LogP contribution in [-0.2, 0) is 6.42 Å². The van der Waals surface area contributed by atoms with Crippen molar-refractivity contribution in [2.45, 2.75) is 32.8 Å². The molecule has 0 bridgehead atoms. The van der Waals surface area contributed by atoms with E-state index in [1.54, 1.807) is 6.07 Å². The zero-order valence-electron chi connectivity index (χ0n) is 11.8. The van der Waals surface area contributed by atoms with Crippen molar-refractivity contribution in [3.63, 3.8) is 0 Å². The fourth-order valence-electron chi connectivity index (χ4n) is 2.23. The molecule has 0 saturated heterocycles. The summed E-state index contributed by atoms with van der Waals surface area (Å²) in [5.41, 5.74) is 4.12. The number of aromatic hydroxyl groups is 2. The van der Waals surface area contributed by atoms with Crippen molar-refractivity contribution in [1.82, 2.24) is 0 Å². The van der Waals surface area contributed by atoms with Gasteiger partial charge in [0.15, 0.2) is 0 Å². The highest BCUT2D eigenvalue weighted by molar-refractivity contribution is 5.40. The number of aliphatic hydroxyl groups is 1. The smallest absolute Gasteiger partial charge is 0.125 e. The molecule has 3 heteroatoms. The molecule has 0 aliphatic rings. The molecule has 2 rings (SSSR count). The third kappa shape index (κ3) is 3.31. The van der Waals surface area contributed by atoms with Gasteiger partial charge in [0, 0.05) is 11.6 Å². The maximum Gasteiger partial charge on any atom is 0.125 e. The molecule has 1 atom stereocenters. The molecule has 0 radical (unpaired) electrons. The van der Waals surface area contributed by atoms with Gasteiger partial charge in [-0.3, -0.25) is 0 Å². The van der Waals surface area contributed by atoms with Crippen molar-refractivity contribution < 1.29 is 15.3 Å². The van der Waals surface area contributed by atoms with Crippen LogP contribution in [0.2, 0.25) is 0 Å². The first-order valence-corrected chi connectivity index (χ1v) is 6.73. The minimum absolute atomic E-state index is 0.00684. The van der Waals surface area contributed by atoms with Crippen LogP contribution in [0.25, 0.3) is 0 Å². The van der Waals surface area contributed by atoms with Gasteiger partial charge in [0.2, 0.25) is 0 Å². The number of aliphatic hydroxyl groups excluding tert-OH is 1. The molecular formula is C17H20O3. The van der Waals surface area contributed by atoms with Gasteiger partial charge in [-0.1, -0.05) is 18.2 Å². The highest BCUT2D eigenvalue weighted by atomic mass is 16.3. The van der Waals surface area contributed by atoms with Crippen molar-refractivity contribution in [1.29, 1.82) is 0 Å². The molecule has 3 N–H and O–H groups in total. The van der Waals surface area contributed by atoms with Crippen LogP contribution < -0.4 is 0 Å². The van der Waals surface area contributed by atoms with E-state index in [0.717, 1.165) is 6.42 Å². The Kier molecular flexibility index (Phi) is 4.30. The molecule has 0 aliphatic carbocycles. The Morgan fingerprint density at radius 1 is 0.950 bits per heavy atom. The molecule has 0 heterocycles. The van der Waals surface area contributed by atoms with Crippen LogP contribution in [0.15, 0.2) is 36.4 Å². The molecular weight excluding hydrogens is 252 g/mol. The Morgan fingerprint density at radius 2 is 1.70 bits per heavy atom. The van der Waals surface area contributed by atoms with E-state index in [2.05, 4.69) is 32.0 Å². The predicted molar refractivity (Wildman–Crippen MR) is 79.0 cm³/mol. The zero-order chi connectivity index (χ0) is 14.7. The fourth-order valence-corrected chi connectivity index (χ4v) is 2.23. The van der Waals surface area contributed by atoms with Gasteiger partial charge < -0.3 is 15.3 Å². The van der Waals surface area contributed by atoms with Gasteiger partial charge in [-0.15, -0.1) is 0 Å². The molecule has 2 aromatic carbocycles. The maximum atomic E-state index is 10.1. The number of hydrogen-bond donors (Lipinski definition) is 3. The number of phenols is 2. The largest absolute Gasteiger partial charge is 0.508 e. The standard InChI is InChI=1S/C17H20O3/c1-11-3-4-13(9-12(11)2)5-8-16(19)15-7-6-14(18)10-17(15)20/h3-4,6-7,9-10,16,18-20H,5,8H2,1-2H3. The molecule has 0 aromatic heterocycles. The molecule has 0 saturated carbocycles. The second-order valence-electron chi connectivity index (χ2n) is 5.22. The zero-order valence-corrected chi connectivity index (χ0v) is 11.8. The van der Waals surface area contributed by atoms with Crippen molar-refractivity contribution in [3.8, 4) is 11.5 Å². The Bertz CT molecular complexity index is 605. The first kappa shape index (κ1) is 14.4. The summed E-state index contributed by atoms with van der Waals surface area (Å²) >= 11 is 0. The van der Waals surface area contributed by atoms with Crippen LogP contribution in [0, 0.1) is 13.8 Å². The van der Waals surface area contributed by atoms with Crippen molar-refractivity contribution in [3.05, 3.63) is 58.7 Å². The Labute approximate surface area is 119 Å². The van der Waals surface area contributed by atoms with Crippen LogP contribution >= 0.6 is 0 Å². The molecule has 0 aliphatic heterocycles. The van der Waals surface area contributed by atoms with E-state index in [1.807, 2.05) is 0 Å². The van der Waals surface area contributed by atoms with Crippen LogP contribution in [0.5, 0.6) is 11.5 Å². The normalized spacial score (nSPS) is 12.3. The summed E-state index contributed by atoms with van der Waals surface area (Å²) in [5.74, 6) is -0.0785. The highest BCUT2D eigenvalue weighted by Crippen LogP contribution is 2.30. The van der Waals surface area contributed by atoms with Crippen LogP contribution in [0.4, 0.5) is 0 Å². The number of rotatable bonds is 4. The summed E-state index contributed by atoms with van der Waals surface area (Å²) in [4.78, 5) is 0. The molecule has 20 heavy (non-hydrogen) atoms. The molecule has 0 spiro atoms. The molecule has 0 fully saturated rings. The first-order chi connectivity index (χ1) is 9.47. The molecule has 106 valence electrons. The van der Waals surface area contributed by atoms with Gasteiger partial charge in [0.25, 0.3) is 0 Å². The third-order valence-corrected chi connectivity index (χ3v) is 3.65. The van der Waals surface area contributed by atoms with Gasteiger partial charge >= 0.3 is 0 Å². The minimum atomic E-state index is -0.739. The summed E-state index contributed by atoms with van der Waals surface area (Å²) in [6.07, 6.45) is 0.529. The minimum Gasteiger partial charge on any atom is -0.508 e. The predicted octanol–water partition coefficient (Wildman–Crippen LogP) is 3.38. The average molecular weight is 272 g/mol. The van der Waals surface area contributed by atoms with Gasteiger partial charge in [0.05, 0.1) is 6.10 Å². The SMILES string of the molecule is Cc1ccc(CCC(O)c2ccc(O)cc2O)cc1C. The van der Waals surface area contributed by atoms with E-state index in [1.165, 1.54) is 28.8 Å². The first-order valence-electron chi connectivity index (χ1n) is 6.73. The van der Waals surface area contributed by atoms with E-state index in [-0.39, 0.29) is 11.5 Å². The van der Waals surface area contributed by atoms with E-state index >= 15 is 0 Å². The van der Waals surface area contributed by atoms with Gasteiger partial charge in [-0.25, -0.2) is 0 Å². The lowest BCUT2D eigenvalue weighted by atomic mass is 9.98. The lowest BCUT2D eigenvalue weighted by Crippen LogP contribution is -2.00. The Morgan fingerprint density at radius 3 is 2.35 bits per heavy atom. The lowest BCUT2D eigenvalue weighted by molar-refractivity contribution is 0.164. The summed E-state index contributed by atoms with van der Waals surface area (Å²) in [7, 11) is 0. The number of aryl methyl sites for hydroxylation is 3. The Balaban J connectivity index is 2.04. The van der Waals surface area contributed by atoms with E-state index < -0.39 is 6.10 Å². The van der Waals surface area contributed by atoms with Crippen LogP contribution in [0.1, 0.15) is 34.8 Å². The van der Waals surface area contributed by atoms with Gasteiger partial charge in [-0.05, 0) is 55.5 Å². The van der Waals surface area contributed by atoms with E-state index in [4.69, 9.17) is 0 Å². The van der Waals surface area contributed by atoms with Crippen molar-refractivity contribution in [2.75, 3.05) is 0 Å². The molecule has 3 nitrogen and oxygen atoms in total. The quantitative estimate of drug-likeness (QED) is 0.799. The summed E-state index contributed by atoms with van der Waals surface area (Å²) in [6.45, 7) is 4.14. The average Bonchev–Trinajstić information content (AvgIpc) is 2.40. The number of benzene rings is 2.